The number of benzene rings is 3. The van der Waals surface area contributed by atoms with E-state index < -0.39 is 0 Å². The summed E-state index contributed by atoms with van der Waals surface area (Å²) in [6, 6.07) is 26.1. The van der Waals surface area contributed by atoms with Crippen molar-refractivity contribution in [2.75, 3.05) is 11.9 Å². The number of hydrogen-bond acceptors (Lipinski definition) is 4. The molecule has 5 heteroatoms. The van der Waals surface area contributed by atoms with Gasteiger partial charge in [-0.2, -0.15) is 0 Å². The Morgan fingerprint density at radius 1 is 0.833 bits per heavy atom. The third-order valence-corrected chi connectivity index (χ3v) is 4.83. The normalized spacial score (nSPS) is 13.7. The minimum atomic E-state index is -0.343. The molecule has 0 bridgehead atoms. The van der Waals surface area contributed by atoms with Gasteiger partial charge in [-0.05, 0) is 30.2 Å². The third-order valence-electron chi connectivity index (χ3n) is 4.83. The van der Waals surface area contributed by atoms with E-state index in [0.29, 0.717) is 29.2 Å². The van der Waals surface area contributed by atoms with Crippen molar-refractivity contribution in [3.05, 3.63) is 102 Å². The lowest BCUT2D eigenvalue weighted by Gasteiger charge is -2.15. The second kappa shape index (κ2) is 8.66. The number of carbonyl (C=O) groups is 2. The largest absolute Gasteiger partial charge is 0.494 e. The lowest BCUT2D eigenvalue weighted by Crippen LogP contribution is -2.31. The average Bonchev–Trinajstić information content (AvgIpc) is 3.00. The van der Waals surface area contributed by atoms with Gasteiger partial charge in [0, 0.05) is 11.8 Å². The van der Waals surface area contributed by atoms with E-state index in [9.17, 15) is 9.59 Å². The fourth-order valence-electron chi connectivity index (χ4n) is 3.45. The molecular formula is C25H22N2O3. The smallest absolute Gasteiger partial charge is 0.278 e. The molecule has 0 saturated carbocycles. The Hall–Kier alpha value is -3.86. The van der Waals surface area contributed by atoms with Gasteiger partial charge < -0.3 is 10.1 Å². The number of carbonyl (C=O) groups excluding carboxylic acids is 2. The summed E-state index contributed by atoms with van der Waals surface area (Å²) in [5.41, 5.74) is 2.93. The maximum absolute atomic E-state index is 13.3. The molecule has 2 amide bonds. The molecule has 0 fully saturated rings. The molecule has 3 aromatic carbocycles. The third kappa shape index (κ3) is 3.96. The quantitative estimate of drug-likeness (QED) is 0.596. The number of imide groups is 1. The van der Waals surface area contributed by atoms with Crippen LogP contribution in [-0.2, 0) is 16.1 Å². The Balaban J connectivity index is 1.71. The molecule has 4 rings (SSSR count). The second-order valence-electron chi connectivity index (χ2n) is 6.88. The number of ether oxygens (including phenoxy) is 1. The molecule has 0 aliphatic carbocycles. The van der Waals surface area contributed by atoms with Gasteiger partial charge in [0.15, 0.2) is 0 Å². The molecule has 30 heavy (non-hydrogen) atoms. The average molecular weight is 398 g/mol. The van der Waals surface area contributed by atoms with Gasteiger partial charge in [0.1, 0.15) is 11.4 Å². The minimum Gasteiger partial charge on any atom is -0.494 e. The highest BCUT2D eigenvalue weighted by Crippen LogP contribution is 2.32. The Labute approximate surface area is 175 Å². The maximum Gasteiger partial charge on any atom is 0.278 e. The first-order chi connectivity index (χ1) is 14.7. The second-order valence-corrected chi connectivity index (χ2v) is 6.88. The van der Waals surface area contributed by atoms with Crippen LogP contribution in [0.5, 0.6) is 5.75 Å². The monoisotopic (exact) mass is 398 g/mol. The first kappa shape index (κ1) is 19.5. The Bertz CT molecular complexity index is 1090. The van der Waals surface area contributed by atoms with Crippen LogP contribution in [0, 0.1) is 0 Å². The first-order valence-corrected chi connectivity index (χ1v) is 9.87. The number of rotatable bonds is 7. The van der Waals surface area contributed by atoms with Gasteiger partial charge in [0.2, 0.25) is 0 Å². The van der Waals surface area contributed by atoms with Gasteiger partial charge in [-0.1, -0.05) is 66.7 Å². The molecule has 0 atom stereocenters. The van der Waals surface area contributed by atoms with Gasteiger partial charge in [0.25, 0.3) is 11.8 Å². The summed E-state index contributed by atoms with van der Waals surface area (Å²) in [6.07, 6.45) is 0. The van der Waals surface area contributed by atoms with Crippen LogP contribution in [0.2, 0.25) is 0 Å². The van der Waals surface area contributed by atoms with Crippen molar-refractivity contribution < 1.29 is 14.3 Å². The fraction of sp³-hybridized carbons (Fsp3) is 0.120. The van der Waals surface area contributed by atoms with Crippen molar-refractivity contribution in [1.82, 2.24) is 4.90 Å². The molecule has 1 aliphatic rings. The predicted octanol–water partition coefficient (Wildman–Crippen LogP) is 4.48. The van der Waals surface area contributed by atoms with Crippen molar-refractivity contribution in [1.29, 1.82) is 0 Å². The van der Waals surface area contributed by atoms with Gasteiger partial charge >= 0.3 is 0 Å². The van der Waals surface area contributed by atoms with Crippen LogP contribution in [0.1, 0.15) is 18.1 Å². The first-order valence-electron chi connectivity index (χ1n) is 9.87. The molecule has 1 N–H and O–H groups in total. The van der Waals surface area contributed by atoms with Crippen LogP contribution < -0.4 is 10.1 Å². The zero-order valence-corrected chi connectivity index (χ0v) is 16.7. The topological polar surface area (TPSA) is 58.6 Å². The predicted molar refractivity (Wildman–Crippen MR) is 117 cm³/mol. The number of hydrogen-bond donors (Lipinski definition) is 1. The van der Waals surface area contributed by atoms with Crippen LogP contribution in [-0.4, -0.2) is 23.3 Å². The molecule has 0 saturated heterocycles. The van der Waals surface area contributed by atoms with Crippen LogP contribution >= 0.6 is 0 Å². The van der Waals surface area contributed by atoms with Crippen molar-refractivity contribution >= 4 is 23.1 Å². The van der Waals surface area contributed by atoms with E-state index in [1.807, 2.05) is 91.9 Å². The molecule has 1 aliphatic heterocycles. The van der Waals surface area contributed by atoms with Crippen molar-refractivity contribution in [3.8, 4) is 5.75 Å². The van der Waals surface area contributed by atoms with E-state index in [2.05, 4.69) is 5.32 Å². The van der Waals surface area contributed by atoms with Gasteiger partial charge in [-0.3, -0.25) is 14.5 Å². The van der Waals surface area contributed by atoms with Crippen molar-refractivity contribution in [2.24, 2.45) is 0 Å². The number of nitrogens with one attached hydrogen (secondary N) is 1. The molecule has 3 aromatic rings. The van der Waals surface area contributed by atoms with Crippen LogP contribution in [0.15, 0.2) is 90.6 Å². The SMILES string of the molecule is CCOc1cccc(NC2=C(c3ccccc3)C(=O)N(Cc3ccccc3)C2=O)c1. The number of amides is 2. The molecule has 0 aromatic heterocycles. The van der Waals surface area contributed by atoms with Gasteiger partial charge in [-0.15, -0.1) is 0 Å². The lowest BCUT2D eigenvalue weighted by atomic mass is 10.0. The number of anilines is 1. The summed E-state index contributed by atoms with van der Waals surface area (Å²) in [7, 11) is 0. The Kier molecular flexibility index (Phi) is 5.61. The van der Waals surface area contributed by atoms with Gasteiger partial charge in [-0.25, -0.2) is 0 Å². The van der Waals surface area contributed by atoms with E-state index in [-0.39, 0.29) is 24.1 Å². The summed E-state index contributed by atoms with van der Waals surface area (Å²) in [5.74, 6) is 0.0466. The molecular weight excluding hydrogens is 376 g/mol. The summed E-state index contributed by atoms with van der Waals surface area (Å²) < 4.78 is 5.55. The Morgan fingerprint density at radius 2 is 1.53 bits per heavy atom. The molecule has 5 nitrogen and oxygen atoms in total. The highest BCUT2D eigenvalue weighted by Gasteiger charge is 2.39. The zero-order valence-electron chi connectivity index (χ0n) is 16.7. The van der Waals surface area contributed by atoms with Crippen LogP contribution in [0.4, 0.5) is 5.69 Å². The summed E-state index contributed by atoms with van der Waals surface area (Å²) in [5, 5.41) is 3.17. The highest BCUT2D eigenvalue weighted by atomic mass is 16.5. The summed E-state index contributed by atoms with van der Waals surface area (Å²) >= 11 is 0. The summed E-state index contributed by atoms with van der Waals surface area (Å²) in [4.78, 5) is 27.8. The Morgan fingerprint density at radius 3 is 2.23 bits per heavy atom. The molecule has 0 spiro atoms. The van der Waals surface area contributed by atoms with E-state index in [1.54, 1.807) is 0 Å². The molecule has 0 unspecified atom stereocenters. The van der Waals surface area contributed by atoms with Crippen molar-refractivity contribution in [3.63, 3.8) is 0 Å². The minimum absolute atomic E-state index is 0.221. The maximum atomic E-state index is 13.3. The number of nitrogens with zero attached hydrogens (tertiary/aromatic N) is 1. The standard InChI is InChI=1S/C25H22N2O3/c1-2-30-21-15-9-14-20(16-21)26-23-22(19-12-7-4-8-13-19)24(28)27(25(23)29)17-18-10-5-3-6-11-18/h3-16,26H,2,17H2,1H3. The van der Waals surface area contributed by atoms with E-state index in [1.165, 1.54) is 4.90 Å². The molecule has 0 radical (unpaired) electrons. The van der Waals surface area contributed by atoms with Gasteiger partial charge in [0.05, 0.1) is 18.7 Å². The van der Waals surface area contributed by atoms with Crippen molar-refractivity contribution in [2.45, 2.75) is 13.5 Å². The van der Waals surface area contributed by atoms with E-state index in [0.717, 1.165) is 5.56 Å². The van der Waals surface area contributed by atoms with Crippen LogP contribution in [0.3, 0.4) is 0 Å². The summed E-state index contributed by atoms with van der Waals surface area (Å²) in [6.45, 7) is 2.68. The van der Waals surface area contributed by atoms with E-state index >= 15 is 0 Å². The van der Waals surface area contributed by atoms with E-state index in [4.69, 9.17) is 4.74 Å². The molecule has 150 valence electrons. The highest BCUT2D eigenvalue weighted by molar-refractivity contribution is 6.36. The molecule has 1 heterocycles. The fourth-order valence-corrected chi connectivity index (χ4v) is 3.45. The lowest BCUT2D eigenvalue weighted by molar-refractivity contribution is -0.137. The van der Waals surface area contributed by atoms with Crippen LogP contribution in [0.25, 0.3) is 5.57 Å². The zero-order chi connectivity index (χ0) is 20.9.